The molecule has 0 unspecified atom stereocenters. The molecule has 0 fully saturated rings. The van der Waals surface area contributed by atoms with Gasteiger partial charge in [0.15, 0.2) is 5.65 Å². The highest BCUT2D eigenvalue weighted by molar-refractivity contribution is 5.89. The van der Waals surface area contributed by atoms with Crippen molar-refractivity contribution in [2.75, 3.05) is 0 Å². The fourth-order valence-corrected chi connectivity index (χ4v) is 3.30. The number of benzene rings is 3. The van der Waals surface area contributed by atoms with Crippen molar-refractivity contribution in [1.29, 1.82) is 0 Å². The van der Waals surface area contributed by atoms with Crippen molar-refractivity contribution in [3.63, 3.8) is 0 Å². The van der Waals surface area contributed by atoms with E-state index >= 15 is 0 Å². The molecule has 0 aliphatic rings. The fourth-order valence-electron chi connectivity index (χ4n) is 3.30. The lowest BCUT2D eigenvalue weighted by Crippen LogP contribution is -1.96. The minimum atomic E-state index is -0.422. The average Bonchev–Trinajstić information content (AvgIpc) is 3.14. The van der Waals surface area contributed by atoms with Crippen LogP contribution < -0.4 is 0 Å². The number of nitro groups is 1. The van der Waals surface area contributed by atoms with Crippen LogP contribution in [0.5, 0.6) is 0 Å². The molecular formula is C23H15N5O2. The Morgan fingerprint density at radius 1 is 0.833 bits per heavy atom. The Morgan fingerprint density at radius 2 is 1.50 bits per heavy atom. The molecule has 7 heteroatoms. The molecule has 144 valence electrons. The zero-order chi connectivity index (χ0) is 20.5. The van der Waals surface area contributed by atoms with E-state index in [1.54, 1.807) is 23.0 Å². The number of para-hydroxylation sites is 2. The highest BCUT2D eigenvalue weighted by atomic mass is 16.6. The third-order valence-corrected chi connectivity index (χ3v) is 4.78. The maximum atomic E-state index is 10.9. The summed E-state index contributed by atoms with van der Waals surface area (Å²) < 4.78 is 1.76. The molecule has 2 heterocycles. The maximum absolute atomic E-state index is 10.9. The van der Waals surface area contributed by atoms with Crippen molar-refractivity contribution in [2.45, 2.75) is 0 Å². The maximum Gasteiger partial charge on any atom is 0.269 e. The third-order valence-electron chi connectivity index (χ3n) is 4.78. The van der Waals surface area contributed by atoms with Crippen molar-refractivity contribution < 1.29 is 4.92 Å². The summed E-state index contributed by atoms with van der Waals surface area (Å²) in [6.45, 7) is 0. The van der Waals surface area contributed by atoms with Crippen molar-refractivity contribution in [1.82, 2.24) is 14.6 Å². The third kappa shape index (κ3) is 3.18. The van der Waals surface area contributed by atoms with Crippen LogP contribution in [0.3, 0.4) is 0 Å². The minimum Gasteiger partial charge on any atom is -0.258 e. The second kappa shape index (κ2) is 7.21. The number of nitrogens with zero attached hydrogens (tertiary/aromatic N) is 5. The van der Waals surface area contributed by atoms with Crippen molar-refractivity contribution in [2.24, 2.45) is 5.10 Å². The van der Waals surface area contributed by atoms with Crippen LogP contribution in [0.4, 0.5) is 5.69 Å². The van der Waals surface area contributed by atoms with Gasteiger partial charge in [-0.05, 0) is 35.9 Å². The second-order valence-corrected chi connectivity index (χ2v) is 6.72. The first-order valence-corrected chi connectivity index (χ1v) is 9.31. The summed E-state index contributed by atoms with van der Waals surface area (Å²) in [5, 5.41) is 15.5. The average molecular weight is 393 g/mol. The van der Waals surface area contributed by atoms with E-state index in [1.807, 2.05) is 60.7 Å². The molecular weight excluding hydrogens is 378 g/mol. The molecule has 0 saturated heterocycles. The summed E-state index contributed by atoms with van der Waals surface area (Å²) in [6.07, 6.45) is 1.66. The van der Waals surface area contributed by atoms with Crippen molar-refractivity contribution >= 4 is 34.1 Å². The molecule has 0 amide bonds. The molecule has 5 rings (SSSR count). The van der Waals surface area contributed by atoms with Crippen LogP contribution in [-0.4, -0.2) is 25.8 Å². The van der Waals surface area contributed by atoms with E-state index in [9.17, 15) is 10.1 Å². The first-order chi connectivity index (χ1) is 14.7. The second-order valence-electron chi connectivity index (χ2n) is 6.72. The van der Waals surface area contributed by atoms with Gasteiger partial charge in [-0.25, -0.2) is 14.6 Å². The van der Waals surface area contributed by atoms with Crippen LogP contribution in [-0.2, 0) is 0 Å². The standard InChI is InChI=1S/C23H15N5O2/c29-28(30)18-12-10-16(11-13-18)15-24-27-22(17-6-2-1-3-7-17)14-21-23(27)26-20-9-5-4-8-19(20)25-21/h1-15H/b24-15+. The van der Waals surface area contributed by atoms with Gasteiger partial charge in [0.1, 0.15) is 5.52 Å². The van der Waals surface area contributed by atoms with Crippen LogP contribution in [0.15, 0.2) is 90.0 Å². The van der Waals surface area contributed by atoms with Gasteiger partial charge in [0.2, 0.25) is 0 Å². The Labute approximate surface area is 171 Å². The predicted molar refractivity (Wildman–Crippen MR) is 117 cm³/mol. The van der Waals surface area contributed by atoms with E-state index in [4.69, 9.17) is 9.97 Å². The quantitative estimate of drug-likeness (QED) is 0.243. The lowest BCUT2D eigenvalue weighted by molar-refractivity contribution is -0.384. The zero-order valence-corrected chi connectivity index (χ0v) is 15.7. The summed E-state index contributed by atoms with van der Waals surface area (Å²) in [7, 11) is 0. The summed E-state index contributed by atoms with van der Waals surface area (Å²) >= 11 is 0. The molecule has 0 spiro atoms. The Morgan fingerprint density at radius 3 is 2.20 bits per heavy atom. The predicted octanol–water partition coefficient (Wildman–Crippen LogP) is 5.04. The highest BCUT2D eigenvalue weighted by Crippen LogP contribution is 2.27. The van der Waals surface area contributed by atoms with E-state index in [1.165, 1.54) is 12.1 Å². The van der Waals surface area contributed by atoms with E-state index < -0.39 is 4.92 Å². The van der Waals surface area contributed by atoms with E-state index in [-0.39, 0.29) is 5.69 Å². The first-order valence-electron chi connectivity index (χ1n) is 9.31. The van der Waals surface area contributed by atoms with Gasteiger partial charge >= 0.3 is 0 Å². The van der Waals surface area contributed by atoms with Crippen LogP contribution in [0, 0.1) is 10.1 Å². The van der Waals surface area contributed by atoms with Gasteiger partial charge < -0.3 is 0 Å². The van der Waals surface area contributed by atoms with Crippen LogP contribution in [0.2, 0.25) is 0 Å². The molecule has 0 aliphatic heterocycles. The number of hydrogen-bond acceptors (Lipinski definition) is 5. The summed E-state index contributed by atoms with van der Waals surface area (Å²) in [6, 6.07) is 25.8. The number of nitro benzene ring substituents is 1. The molecule has 0 atom stereocenters. The fraction of sp³-hybridized carbons (Fsp3) is 0. The Balaban J connectivity index is 1.67. The van der Waals surface area contributed by atoms with Gasteiger partial charge in [0, 0.05) is 17.7 Å². The molecule has 0 aliphatic carbocycles. The number of aromatic nitrogens is 3. The van der Waals surface area contributed by atoms with Gasteiger partial charge in [-0.3, -0.25) is 10.1 Å². The number of non-ortho nitro benzene ring substituents is 1. The Hall–Kier alpha value is -4.39. The van der Waals surface area contributed by atoms with Crippen molar-refractivity contribution in [3.8, 4) is 11.3 Å². The molecule has 3 aromatic carbocycles. The molecule has 0 N–H and O–H groups in total. The molecule has 30 heavy (non-hydrogen) atoms. The SMILES string of the molecule is O=[N+]([O-])c1ccc(/C=N/n2c(-c3ccccc3)cc3nc4ccccc4nc32)cc1. The van der Waals surface area contributed by atoms with Crippen molar-refractivity contribution in [3.05, 3.63) is 101 Å². The smallest absolute Gasteiger partial charge is 0.258 e. The molecule has 0 saturated carbocycles. The summed E-state index contributed by atoms with van der Waals surface area (Å²) in [5.41, 5.74) is 5.63. The number of hydrogen-bond donors (Lipinski definition) is 0. The zero-order valence-electron chi connectivity index (χ0n) is 15.7. The molecule has 0 bridgehead atoms. The highest BCUT2D eigenvalue weighted by Gasteiger charge is 2.14. The van der Waals surface area contributed by atoms with Crippen LogP contribution >= 0.6 is 0 Å². The first kappa shape index (κ1) is 17.7. The van der Waals surface area contributed by atoms with Gasteiger partial charge in [-0.2, -0.15) is 5.10 Å². The topological polar surface area (TPSA) is 86.2 Å². The Kier molecular flexibility index (Phi) is 4.25. The van der Waals surface area contributed by atoms with Gasteiger partial charge in [-0.1, -0.05) is 42.5 Å². The van der Waals surface area contributed by atoms with Crippen LogP contribution in [0.25, 0.3) is 33.5 Å². The largest absolute Gasteiger partial charge is 0.269 e. The van der Waals surface area contributed by atoms with Crippen LogP contribution in [0.1, 0.15) is 5.56 Å². The van der Waals surface area contributed by atoms with Gasteiger partial charge in [-0.15, -0.1) is 0 Å². The molecule has 5 aromatic rings. The van der Waals surface area contributed by atoms with E-state index in [0.717, 1.165) is 33.4 Å². The summed E-state index contributed by atoms with van der Waals surface area (Å²) in [5.74, 6) is 0. The monoisotopic (exact) mass is 393 g/mol. The molecule has 7 nitrogen and oxygen atoms in total. The minimum absolute atomic E-state index is 0.0425. The number of fused-ring (bicyclic) bond motifs is 2. The van der Waals surface area contributed by atoms with Gasteiger partial charge in [0.05, 0.1) is 27.9 Å². The number of rotatable bonds is 4. The lowest BCUT2D eigenvalue weighted by Gasteiger charge is -2.05. The molecule has 0 radical (unpaired) electrons. The van der Waals surface area contributed by atoms with Gasteiger partial charge in [0.25, 0.3) is 5.69 Å². The van der Waals surface area contributed by atoms with E-state index in [2.05, 4.69) is 5.10 Å². The normalized spacial score (nSPS) is 11.5. The lowest BCUT2D eigenvalue weighted by atomic mass is 10.1. The molecule has 2 aromatic heterocycles. The Bertz CT molecular complexity index is 1410. The summed E-state index contributed by atoms with van der Waals surface area (Å²) in [4.78, 5) is 20.0. The van der Waals surface area contributed by atoms with E-state index in [0.29, 0.717) is 5.65 Å².